The van der Waals surface area contributed by atoms with Crippen LogP contribution in [0.5, 0.6) is 0 Å². The third-order valence-corrected chi connectivity index (χ3v) is 3.21. The van der Waals surface area contributed by atoms with Crippen LogP contribution in [0, 0.1) is 10.1 Å². The van der Waals surface area contributed by atoms with Crippen LogP contribution in [0.25, 0.3) is 0 Å². The van der Waals surface area contributed by atoms with E-state index in [1.807, 2.05) is 24.3 Å². The number of nitro groups is 1. The zero-order valence-corrected chi connectivity index (χ0v) is 12.3. The molecule has 6 heteroatoms. The smallest absolute Gasteiger partial charge is 0.269 e. The second-order valence-corrected chi connectivity index (χ2v) is 5.01. The standard InChI is InChI=1S/C14H12BrN3O2/c1-17(13-6-8-14(9-7-13)18(19)20)16-10-11-2-4-12(15)5-3-11/h2-10H,1H3/b16-10-. The van der Waals surface area contributed by atoms with Crippen LogP contribution in [0.15, 0.2) is 58.1 Å². The number of nitro benzene ring substituents is 1. The van der Waals surface area contributed by atoms with Crippen molar-refractivity contribution in [3.05, 3.63) is 68.7 Å². The Morgan fingerprint density at radius 2 is 1.75 bits per heavy atom. The number of halogens is 1. The maximum Gasteiger partial charge on any atom is 0.269 e. The van der Waals surface area contributed by atoms with Crippen LogP contribution in [-0.2, 0) is 0 Å². The van der Waals surface area contributed by atoms with E-state index in [0.29, 0.717) is 0 Å². The number of anilines is 1. The van der Waals surface area contributed by atoms with Crippen molar-refractivity contribution in [1.82, 2.24) is 0 Å². The van der Waals surface area contributed by atoms with Crippen molar-refractivity contribution in [1.29, 1.82) is 0 Å². The van der Waals surface area contributed by atoms with E-state index < -0.39 is 4.92 Å². The maximum atomic E-state index is 10.6. The molecule has 2 rings (SSSR count). The summed E-state index contributed by atoms with van der Waals surface area (Å²) in [5, 5.41) is 16.5. The molecule has 0 unspecified atom stereocenters. The fraction of sp³-hybridized carbons (Fsp3) is 0.0714. The van der Waals surface area contributed by atoms with E-state index in [1.165, 1.54) is 12.1 Å². The van der Waals surface area contributed by atoms with Crippen LogP contribution in [0.4, 0.5) is 11.4 Å². The summed E-state index contributed by atoms with van der Waals surface area (Å²) in [5.41, 5.74) is 1.82. The first-order valence-electron chi connectivity index (χ1n) is 5.84. The van der Waals surface area contributed by atoms with Crippen LogP contribution < -0.4 is 5.01 Å². The molecule has 0 N–H and O–H groups in total. The monoisotopic (exact) mass is 333 g/mol. The average molecular weight is 334 g/mol. The fourth-order valence-electron chi connectivity index (χ4n) is 1.56. The van der Waals surface area contributed by atoms with Crippen molar-refractivity contribution in [2.75, 3.05) is 12.1 Å². The second-order valence-electron chi connectivity index (χ2n) is 4.09. The summed E-state index contributed by atoms with van der Waals surface area (Å²) in [5.74, 6) is 0. The van der Waals surface area contributed by atoms with Crippen molar-refractivity contribution in [2.45, 2.75) is 0 Å². The molecule has 0 aliphatic rings. The summed E-state index contributed by atoms with van der Waals surface area (Å²) in [6, 6.07) is 14.0. The minimum Gasteiger partial charge on any atom is -0.269 e. The number of non-ortho nitro benzene ring substituents is 1. The molecule has 0 aromatic heterocycles. The minimum atomic E-state index is -0.422. The highest BCUT2D eigenvalue weighted by molar-refractivity contribution is 9.10. The van der Waals surface area contributed by atoms with Crippen LogP contribution in [0.2, 0.25) is 0 Å². The first kappa shape index (κ1) is 14.2. The summed E-state index contributed by atoms with van der Waals surface area (Å²) in [7, 11) is 1.79. The molecular formula is C14H12BrN3O2. The SMILES string of the molecule is CN(/N=C\c1ccc(Br)cc1)c1ccc([N+](=O)[O-])cc1. The molecule has 0 aliphatic heterocycles. The van der Waals surface area contributed by atoms with Crippen molar-refractivity contribution < 1.29 is 4.92 Å². The fourth-order valence-corrected chi connectivity index (χ4v) is 1.82. The van der Waals surface area contributed by atoms with Gasteiger partial charge >= 0.3 is 0 Å². The number of hydrazone groups is 1. The summed E-state index contributed by atoms with van der Waals surface area (Å²) >= 11 is 3.37. The molecule has 0 spiro atoms. The number of rotatable bonds is 4. The largest absolute Gasteiger partial charge is 0.269 e. The van der Waals surface area contributed by atoms with E-state index in [2.05, 4.69) is 21.0 Å². The molecule has 2 aromatic carbocycles. The van der Waals surface area contributed by atoms with E-state index in [9.17, 15) is 10.1 Å². The zero-order chi connectivity index (χ0) is 14.5. The number of nitrogens with zero attached hydrogens (tertiary/aromatic N) is 3. The number of hydrogen-bond acceptors (Lipinski definition) is 4. The van der Waals surface area contributed by atoms with E-state index >= 15 is 0 Å². The molecule has 0 aliphatic carbocycles. The van der Waals surface area contributed by atoms with E-state index in [-0.39, 0.29) is 5.69 Å². The highest BCUT2D eigenvalue weighted by Crippen LogP contribution is 2.18. The Balaban J connectivity index is 2.09. The Labute approximate surface area is 124 Å². The van der Waals surface area contributed by atoms with Gasteiger partial charge in [0.25, 0.3) is 5.69 Å². The molecule has 0 bridgehead atoms. The van der Waals surface area contributed by atoms with Gasteiger partial charge in [-0.25, -0.2) is 0 Å². The van der Waals surface area contributed by atoms with Gasteiger partial charge in [0, 0.05) is 23.7 Å². The topological polar surface area (TPSA) is 58.7 Å². The Hall–Kier alpha value is -2.21. The van der Waals surface area contributed by atoms with Crippen molar-refractivity contribution in [3.8, 4) is 0 Å². The van der Waals surface area contributed by atoms with Gasteiger partial charge in [-0.05, 0) is 29.8 Å². The lowest BCUT2D eigenvalue weighted by atomic mass is 10.2. The molecule has 0 amide bonds. The molecule has 5 nitrogen and oxygen atoms in total. The van der Waals surface area contributed by atoms with Gasteiger partial charge in [0.1, 0.15) is 0 Å². The molecule has 0 saturated carbocycles. The summed E-state index contributed by atoms with van der Waals surface area (Å²) in [6.45, 7) is 0. The van der Waals surface area contributed by atoms with Gasteiger partial charge < -0.3 is 0 Å². The molecule has 0 heterocycles. The van der Waals surface area contributed by atoms with Crippen LogP contribution in [0.3, 0.4) is 0 Å². The number of benzene rings is 2. The molecule has 102 valence electrons. The maximum absolute atomic E-state index is 10.6. The molecule has 2 aromatic rings. The molecule has 0 atom stereocenters. The predicted octanol–water partition coefficient (Wildman–Crippen LogP) is 3.83. The van der Waals surface area contributed by atoms with Gasteiger partial charge in [-0.15, -0.1) is 0 Å². The third-order valence-electron chi connectivity index (χ3n) is 2.68. The van der Waals surface area contributed by atoms with Crippen LogP contribution in [0.1, 0.15) is 5.56 Å². The van der Waals surface area contributed by atoms with E-state index in [4.69, 9.17) is 0 Å². The van der Waals surface area contributed by atoms with Crippen LogP contribution in [-0.4, -0.2) is 18.2 Å². The first-order valence-corrected chi connectivity index (χ1v) is 6.63. The minimum absolute atomic E-state index is 0.0686. The van der Waals surface area contributed by atoms with E-state index in [1.54, 1.807) is 30.4 Å². The Morgan fingerprint density at radius 3 is 2.30 bits per heavy atom. The van der Waals surface area contributed by atoms with Gasteiger partial charge in [-0.3, -0.25) is 15.1 Å². The van der Waals surface area contributed by atoms with Crippen molar-refractivity contribution >= 4 is 33.5 Å². The highest BCUT2D eigenvalue weighted by Gasteiger charge is 2.05. The van der Waals surface area contributed by atoms with Gasteiger partial charge in [-0.1, -0.05) is 28.1 Å². The summed E-state index contributed by atoms with van der Waals surface area (Å²) < 4.78 is 1.01. The summed E-state index contributed by atoms with van der Waals surface area (Å²) in [6.07, 6.45) is 1.73. The van der Waals surface area contributed by atoms with Crippen molar-refractivity contribution in [2.24, 2.45) is 5.10 Å². The summed E-state index contributed by atoms with van der Waals surface area (Å²) in [4.78, 5) is 10.2. The third kappa shape index (κ3) is 3.64. The first-order chi connectivity index (χ1) is 9.56. The normalized spacial score (nSPS) is 10.7. The molecule has 0 saturated heterocycles. The lowest BCUT2D eigenvalue weighted by Crippen LogP contribution is -2.08. The average Bonchev–Trinajstić information content (AvgIpc) is 2.46. The lowest BCUT2D eigenvalue weighted by molar-refractivity contribution is -0.384. The highest BCUT2D eigenvalue weighted by atomic mass is 79.9. The van der Waals surface area contributed by atoms with Gasteiger partial charge in [0.05, 0.1) is 16.8 Å². The second kappa shape index (κ2) is 6.29. The van der Waals surface area contributed by atoms with Gasteiger partial charge in [0.2, 0.25) is 0 Å². The number of hydrogen-bond donors (Lipinski definition) is 0. The van der Waals surface area contributed by atoms with Crippen molar-refractivity contribution in [3.63, 3.8) is 0 Å². The van der Waals surface area contributed by atoms with Gasteiger partial charge in [-0.2, -0.15) is 5.10 Å². The molecule has 0 radical (unpaired) electrons. The Bertz CT molecular complexity index is 624. The Morgan fingerprint density at radius 1 is 1.15 bits per heavy atom. The lowest BCUT2D eigenvalue weighted by Gasteiger charge is -2.12. The van der Waals surface area contributed by atoms with E-state index in [0.717, 1.165) is 15.7 Å². The predicted molar refractivity (Wildman–Crippen MR) is 83.2 cm³/mol. The Kier molecular flexibility index (Phi) is 4.47. The molecular weight excluding hydrogens is 322 g/mol. The molecule has 20 heavy (non-hydrogen) atoms. The van der Waals surface area contributed by atoms with Gasteiger partial charge in [0.15, 0.2) is 0 Å². The van der Waals surface area contributed by atoms with Crippen LogP contribution >= 0.6 is 15.9 Å². The quantitative estimate of drug-likeness (QED) is 0.485. The molecule has 0 fully saturated rings. The zero-order valence-electron chi connectivity index (χ0n) is 10.7.